The van der Waals surface area contributed by atoms with Crippen molar-refractivity contribution < 1.29 is 42.1 Å². The van der Waals surface area contributed by atoms with Crippen LogP contribution >= 0.6 is 7.82 Å². The van der Waals surface area contributed by atoms with E-state index >= 15 is 0 Å². The first kappa shape index (κ1) is 57.8. The van der Waals surface area contributed by atoms with E-state index in [0.29, 0.717) is 23.9 Å². The molecule has 2 atom stereocenters. The van der Waals surface area contributed by atoms with E-state index < -0.39 is 26.5 Å². The summed E-state index contributed by atoms with van der Waals surface area (Å²) in [4.78, 5) is 35.4. The van der Waals surface area contributed by atoms with Crippen molar-refractivity contribution >= 4 is 19.8 Å². The number of phosphoric ester groups is 1. The number of esters is 2. The van der Waals surface area contributed by atoms with Crippen LogP contribution in [0.25, 0.3) is 0 Å². The fourth-order valence-corrected chi connectivity index (χ4v) is 7.87. The molecule has 0 spiro atoms. The number of likely N-dealkylation sites (N-methyl/N-ethyl adjacent to an activating group) is 1. The second-order valence-corrected chi connectivity index (χ2v) is 19.7. The van der Waals surface area contributed by atoms with E-state index in [-0.39, 0.29) is 25.6 Å². The van der Waals surface area contributed by atoms with Crippen molar-refractivity contribution in [3.05, 3.63) is 12.2 Å². The van der Waals surface area contributed by atoms with E-state index in [1.54, 1.807) is 0 Å². The van der Waals surface area contributed by atoms with Crippen molar-refractivity contribution in [1.82, 2.24) is 0 Å². The number of rotatable bonds is 46. The van der Waals surface area contributed by atoms with Crippen LogP contribution in [0.3, 0.4) is 0 Å². The molecule has 0 heterocycles. The van der Waals surface area contributed by atoms with Crippen molar-refractivity contribution in [2.75, 3.05) is 47.5 Å². The van der Waals surface area contributed by atoms with Crippen LogP contribution in [0.5, 0.6) is 0 Å². The zero-order valence-corrected chi connectivity index (χ0v) is 40.4. The highest BCUT2D eigenvalue weighted by molar-refractivity contribution is 7.47. The van der Waals surface area contributed by atoms with Gasteiger partial charge in [0, 0.05) is 12.8 Å². The van der Waals surface area contributed by atoms with Gasteiger partial charge in [-0.2, -0.15) is 0 Å². The molecule has 1 N–H and O–H groups in total. The van der Waals surface area contributed by atoms with E-state index in [1.165, 1.54) is 154 Å². The van der Waals surface area contributed by atoms with Gasteiger partial charge < -0.3 is 18.9 Å². The Balaban J connectivity index is 4.17. The molecule has 0 saturated heterocycles. The molecular formula is C49H97NO8P+. The Hall–Kier alpha value is -1.25. The highest BCUT2D eigenvalue weighted by Crippen LogP contribution is 2.43. The first-order valence-corrected chi connectivity index (χ1v) is 26.4. The lowest BCUT2D eigenvalue weighted by Crippen LogP contribution is -2.37. The minimum Gasteiger partial charge on any atom is -0.462 e. The zero-order valence-electron chi connectivity index (χ0n) is 39.5. The molecule has 0 bridgehead atoms. The number of hydrogen-bond donors (Lipinski definition) is 1. The molecular weight excluding hydrogens is 762 g/mol. The van der Waals surface area contributed by atoms with Gasteiger partial charge in [-0.15, -0.1) is 0 Å². The average molecular weight is 859 g/mol. The summed E-state index contributed by atoms with van der Waals surface area (Å²) < 4.78 is 34.4. The number of allylic oxidation sites excluding steroid dienone is 2. The third kappa shape index (κ3) is 46.1. The van der Waals surface area contributed by atoms with E-state index in [4.69, 9.17) is 18.5 Å². The number of phosphoric acid groups is 1. The Bertz CT molecular complexity index is 1020. The van der Waals surface area contributed by atoms with Crippen molar-refractivity contribution in [2.24, 2.45) is 0 Å². The third-order valence-electron chi connectivity index (χ3n) is 11.0. The zero-order chi connectivity index (χ0) is 43.6. The molecule has 9 nitrogen and oxygen atoms in total. The highest BCUT2D eigenvalue weighted by Gasteiger charge is 2.27. The Morgan fingerprint density at radius 1 is 0.508 bits per heavy atom. The van der Waals surface area contributed by atoms with Gasteiger partial charge >= 0.3 is 19.8 Å². The Morgan fingerprint density at radius 3 is 1.27 bits per heavy atom. The number of ether oxygens (including phenoxy) is 2. The standard InChI is InChI=1S/C49H96NO8P/c1-6-8-10-12-14-16-18-20-21-22-23-24-25-26-27-28-30-31-33-35-37-39-41-48(51)55-45-47(46-57-59(53,54)56-44-43-50(3,4)5)58-49(52)42-40-38-36-34-32-29-19-17-15-13-11-9-7-2/h17,19,47H,6-16,18,20-46H2,1-5H3/p+1/b19-17-. The Kier molecular flexibility index (Phi) is 41.2. The van der Waals surface area contributed by atoms with Gasteiger partial charge in [0.05, 0.1) is 27.7 Å². The highest BCUT2D eigenvalue weighted by atomic mass is 31.2. The number of quaternary nitrogens is 1. The second-order valence-electron chi connectivity index (χ2n) is 18.2. The number of carbonyl (C=O) groups excluding carboxylic acids is 2. The molecule has 0 aliphatic carbocycles. The summed E-state index contributed by atoms with van der Waals surface area (Å²) in [7, 11) is 1.48. The molecule has 0 amide bonds. The molecule has 2 unspecified atom stereocenters. The molecule has 0 aliphatic heterocycles. The maximum absolute atomic E-state index is 12.7. The fourth-order valence-electron chi connectivity index (χ4n) is 7.13. The van der Waals surface area contributed by atoms with Crippen LogP contribution in [0, 0.1) is 0 Å². The SMILES string of the molecule is CCCCCC/C=C\CCCCCCCC(=O)OC(COC(=O)CCCCCCCCCCCCCCCCCCCCCCCC)COP(=O)(O)OCC[N+](C)(C)C. The first-order chi connectivity index (χ1) is 28.5. The van der Waals surface area contributed by atoms with Gasteiger partial charge in [0.2, 0.25) is 0 Å². The molecule has 0 aliphatic rings. The van der Waals surface area contributed by atoms with Gasteiger partial charge in [0.1, 0.15) is 19.8 Å². The summed E-state index contributed by atoms with van der Waals surface area (Å²) in [6, 6.07) is 0. The normalized spacial score (nSPS) is 13.5. The van der Waals surface area contributed by atoms with Crippen molar-refractivity contribution in [3.8, 4) is 0 Å². The van der Waals surface area contributed by atoms with Crippen molar-refractivity contribution in [1.29, 1.82) is 0 Å². The summed E-state index contributed by atoms with van der Waals surface area (Å²) in [5, 5.41) is 0. The van der Waals surface area contributed by atoms with E-state index in [0.717, 1.165) is 51.4 Å². The summed E-state index contributed by atoms with van der Waals surface area (Å²) in [5.74, 6) is -0.795. The molecule has 0 radical (unpaired) electrons. The lowest BCUT2D eigenvalue weighted by molar-refractivity contribution is -0.870. The van der Waals surface area contributed by atoms with E-state index in [1.807, 2.05) is 21.1 Å². The number of carbonyl (C=O) groups is 2. The third-order valence-corrected chi connectivity index (χ3v) is 12.0. The van der Waals surface area contributed by atoms with Gasteiger partial charge in [-0.1, -0.05) is 199 Å². The predicted molar refractivity (Wildman–Crippen MR) is 248 cm³/mol. The molecule has 0 saturated carbocycles. The topological polar surface area (TPSA) is 108 Å². The smallest absolute Gasteiger partial charge is 0.462 e. The van der Waals surface area contributed by atoms with Crippen LogP contribution in [0.4, 0.5) is 0 Å². The second kappa shape index (κ2) is 42.1. The lowest BCUT2D eigenvalue weighted by Gasteiger charge is -2.24. The summed E-state index contributed by atoms with van der Waals surface area (Å²) >= 11 is 0. The van der Waals surface area contributed by atoms with Crippen molar-refractivity contribution in [3.63, 3.8) is 0 Å². The van der Waals surface area contributed by atoms with Gasteiger partial charge in [-0.25, -0.2) is 4.57 Å². The van der Waals surface area contributed by atoms with Crippen LogP contribution in [-0.4, -0.2) is 74.9 Å². The fraction of sp³-hybridized carbons (Fsp3) is 0.918. The molecule has 0 aromatic heterocycles. The van der Waals surface area contributed by atoms with Gasteiger partial charge in [-0.05, 0) is 38.5 Å². The minimum absolute atomic E-state index is 0.0333. The predicted octanol–water partition coefficient (Wildman–Crippen LogP) is 14.5. The van der Waals surface area contributed by atoms with Gasteiger partial charge in [0.25, 0.3) is 0 Å². The van der Waals surface area contributed by atoms with E-state index in [9.17, 15) is 19.0 Å². The van der Waals surface area contributed by atoms with E-state index in [2.05, 4.69) is 26.0 Å². The quantitative estimate of drug-likeness (QED) is 0.0212. The van der Waals surface area contributed by atoms with Crippen molar-refractivity contribution in [2.45, 2.75) is 245 Å². The summed E-state index contributed by atoms with van der Waals surface area (Å²) in [5.41, 5.74) is 0. The van der Waals surface area contributed by atoms with Crippen LogP contribution in [0.1, 0.15) is 239 Å². The lowest BCUT2D eigenvalue weighted by atomic mass is 10.0. The first-order valence-electron chi connectivity index (χ1n) is 24.9. The molecule has 59 heavy (non-hydrogen) atoms. The van der Waals surface area contributed by atoms with Crippen LogP contribution in [0.15, 0.2) is 12.2 Å². The van der Waals surface area contributed by atoms with Crippen LogP contribution in [-0.2, 0) is 32.7 Å². The molecule has 0 aromatic rings. The maximum Gasteiger partial charge on any atom is 0.472 e. The number of nitrogens with zero attached hydrogens (tertiary/aromatic N) is 1. The molecule has 0 fully saturated rings. The van der Waals surface area contributed by atoms with Crippen LogP contribution < -0.4 is 0 Å². The molecule has 0 rings (SSSR count). The molecule has 10 heteroatoms. The monoisotopic (exact) mass is 859 g/mol. The maximum atomic E-state index is 12.7. The minimum atomic E-state index is -4.37. The summed E-state index contributed by atoms with van der Waals surface area (Å²) in [6.45, 7) is 4.44. The van der Waals surface area contributed by atoms with Crippen LogP contribution in [0.2, 0.25) is 0 Å². The Morgan fingerprint density at radius 2 is 0.864 bits per heavy atom. The van der Waals surface area contributed by atoms with Gasteiger partial charge in [0.15, 0.2) is 6.10 Å². The molecule has 350 valence electrons. The van der Waals surface area contributed by atoms with Gasteiger partial charge in [-0.3, -0.25) is 18.6 Å². The molecule has 0 aromatic carbocycles. The number of hydrogen-bond acceptors (Lipinski definition) is 7. The average Bonchev–Trinajstić information content (AvgIpc) is 3.19. The largest absolute Gasteiger partial charge is 0.472 e. The number of unbranched alkanes of at least 4 members (excludes halogenated alkanes) is 30. The summed E-state index contributed by atoms with van der Waals surface area (Å²) in [6.07, 6.45) is 45.5. The Labute approximate surface area is 365 Å².